The number of ether oxygens (including phenoxy) is 1. The molecule has 0 aliphatic heterocycles. The summed E-state index contributed by atoms with van der Waals surface area (Å²) < 4.78 is 55.7. The van der Waals surface area contributed by atoms with Gasteiger partial charge in [-0.15, -0.1) is 0 Å². The van der Waals surface area contributed by atoms with Crippen LogP contribution in [0.3, 0.4) is 0 Å². The third-order valence-corrected chi connectivity index (χ3v) is 2.46. The van der Waals surface area contributed by atoms with Crippen molar-refractivity contribution in [3.63, 3.8) is 0 Å². The van der Waals surface area contributed by atoms with Crippen LogP contribution >= 0.6 is 0 Å². The minimum absolute atomic E-state index is 0.00877. The maximum Gasteiger partial charge on any atom is 0.319 e. The SMILES string of the molecule is COc1c(CNCC(F)(F)C(F)F)c(C)nn1C. The van der Waals surface area contributed by atoms with Crippen LogP contribution in [0.1, 0.15) is 11.3 Å². The summed E-state index contributed by atoms with van der Waals surface area (Å²) in [4.78, 5) is 0. The Morgan fingerprint density at radius 2 is 2.06 bits per heavy atom. The standard InChI is InChI=1S/C10H15F4N3O/c1-6-7(8(18-3)17(2)16-6)4-15-5-10(13,14)9(11)12/h9,15H,4-5H2,1-3H3. The van der Waals surface area contributed by atoms with Crippen molar-refractivity contribution in [2.45, 2.75) is 25.8 Å². The second-order valence-electron chi connectivity index (χ2n) is 3.86. The molecule has 1 aromatic rings. The van der Waals surface area contributed by atoms with Gasteiger partial charge in [-0.1, -0.05) is 0 Å². The number of halogens is 4. The minimum atomic E-state index is -4.04. The number of alkyl halides is 4. The summed E-state index contributed by atoms with van der Waals surface area (Å²) in [5.74, 6) is -3.62. The lowest BCUT2D eigenvalue weighted by atomic mass is 10.2. The number of methoxy groups -OCH3 is 1. The van der Waals surface area contributed by atoms with Crippen LogP contribution in [-0.2, 0) is 13.6 Å². The zero-order valence-corrected chi connectivity index (χ0v) is 10.3. The van der Waals surface area contributed by atoms with Gasteiger partial charge in [0.2, 0.25) is 5.88 Å². The Morgan fingerprint density at radius 1 is 1.44 bits per heavy atom. The summed E-state index contributed by atoms with van der Waals surface area (Å²) in [7, 11) is 3.07. The van der Waals surface area contributed by atoms with Crippen LogP contribution in [0, 0.1) is 6.92 Å². The van der Waals surface area contributed by atoms with E-state index >= 15 is 0 Å². The fourth-order valence-corrected chi connectivity index (χ4v) is 1.57. The molecule has 18 heavy (non-hydrogen) atoms. The third kappa shape index (κ3) is 3.12. The van der Waals surface area contributed by atoms with Crippen LogP contribution in [0.15, 0.2) is 0 Å². The first-order valence-corrected chi connectivity index (χ1v) is 5.22. The molecule has 1 heterocycles. The van der Waals surface area contributed by atoms with E-state index in [4.69, 9.17) is 4.74 Å². The lowest BCUT2D eigenvalue weighted by molar-refractivity contribution is -0.125. The molecule has 0 aliphatic rings. The normalized spacial score (nSPS) is 12.2. The number of aryl methyl sites for hydroxylation is 2. The number of nitrogens with one attached hydrogen (secondary N) is 1. The topological polar surface area (TPSA) is 39.1 Å². The van der Waals surface area contributed by atoms with Gasteiger partial charge in [0.05, 0.1) is 24.9 Å². The fourth-order valence-electron chi connectivity index (χ4n) is 1.57. The summed E-state index contributed by atoms with van der Waals surface area (Å²) >= 11 is 0. The van der Waals surface area contributed by atoms with Crippen molar-refractivity contribution in [1.82, 2.24) is 15.1 Å². The molecule has 0 atom stereocenters. The molecule has 1 N–H and O–H groups in total. The summed E-state index contributed by atoms with van der Waals surface area (Å²) in [6, 6.07) is 0. The van der Waals surface area contributed by atoms with Crippen molar-refractivity contribution in [2.24, 2.45) is 7.05 Å². The largest absolute Gasteiger partial charge is 0.481 e. The predicted molar refractivity (Wildman–Crippen MR) is 57.2 cm³/mol. The lowest BCUT2D eigenvalue weighted by Gasteiger charge is -2.15. The van der Waals surface area contributed by atoms with E-state index < -0.39 is 18.9 Å². The number of rotatable bonds is 6. The van der Waals surface area contributed by atoms with Gasteiger partial charge in [-0.05, 0) is 6.92 Å². The molecule has 0 bridgehead atoms. The van der Waals surface area contributed by atoms with Gasteiger partial charge in [0.25, 0.3) is 0 Å². The molecular formula is C10H15F4N3O. The van der Waals surface area contributed by atoms with E-state index in [0.29, 0.717) is 17.1 Å². The Balaban J connectivity index is 2.65. The highest BCUT2D eigenvalue weighted by molar-refractivity contribution is 5.30. The molecule has 0 unspecified atom stereocenters. The van der Waals surface area contributed by atoms with Gasteiger partial charge in [-0.2, -0.15) is 13.9 Å². The summed E-state index contributed by atoms with van der Waals surface area (Å²) in [6.45, 7) is 0.581. The molecule has 0 fully saturated rings. The predicted octanol–water partition coefficient (Wildman–Crippen LogP) is 1.73. The van der Waals surface area contributed by atoms with Gasteiger partial charge in [0.15, 0.2) is 0 Å². The molecule has 4 nitrogen and oxygen atoms in total. The lowest BCUT2D eigenvalue weighted by Crippen LogP contribution is -2.38. The first-order valence-electron chi connectivity index (χ1n) is 5.22. The number of nitrogens with zero attached hydrogens (tertiary/aromatic N) is 2. The highest BCUT2D eigenvalue weighted by Crippen LogP contribution is 2.23. The second kappa shape index (κ2) is 5.55. The molecule has 0 saturated carbocycles. The zero-order chi connectivity index (χ0) is 13.9. The molecule has 8 heteroatoms. The fraction of sp³-hybridized carbons (Fsp3) is 0.700. The summed E-state index contributed by atoms with van der Waals surface area (Å²) in [5.41, 5.74) is 1.17. The van der Waals surface area contributed by atoms with E-state index in [1.165, 1.54) is 11.8 Å². The van der Waals surface area contributed by atoms with Crippen molar-refractivity contribution >= 4 is 0 Å². The van der Waals surface area contributed by atoms with Crippen molar-refractivity contribution in [2.75, 3.05) is 13.7 Å². The minimum Gasteiger partial charge on any atom is -0.481 e. The number of hydrogen-bond acceptors (Lipinski definition) is 3. The van der Waals surface area contributed by atoms with Gasteiger partial charge >= 0.3 is 12.3 Å². The quantitative estimate of drug-likeness (QED) is 0.799. The molecular weight excluding hydrogens is 254 g/mol. The van der Waals surface area contributed by atoms with E-state index in [1.54, 1.807) is 14.0 Å². The van der Waals surface area contributed by atoms with Crippen LogP contribution < -0.4 is 10.1 Å². The van der Waals surface area contributed by atoms with E-state index in [0.717, 1.165) is 0 Å². The van der Waals surface area contributed by atoms with Gasteiger partial charge in [0.1, 0.15) is 0 Å². The average Bonchev–Trinajstić information content (AvgIpc) is 2.53. The molecule has 0 amide bonds. The van der Waals surface area contributed by atoms with Gasteiger partial charge < -0.3 is 10.1 Å². The zero-order valence-electron chi connectivity index (χ0n) is 10.3. The van der Waals surface area contributed by atoms with Crippen LogP contribution in [0.25, 0.3) is 0 Å². The maximum absolute atomic E-state index is 12.7. The van der Waals surface area contributed by atoms with Crippen molar-refractivity contribution in [3.8, 4) is 5.88 Å². The Kier molecular flexibility index (Phi) is 4.55. The van der Waals surface area contributed by atoms with Crippen molar-refractivity contribution in [3.05, 3.63) is 11.3 Å². The Hall–Kier alpha value is -1.31. The number of hydrogen-bond donors (Lipinski definition) is 1. The monoisotopic (exact) mass is 269 g/mol. The smallest absolute Gasteiger partial charge is 0.319 e. The molecule has 0 aromatic carbocycles. The van der Waals surface area contributed by atoms with Crippen LogP contribution in [0.4, 0.5) is 17.6 Å². The van der Waals surface area contributed by atoms with Crippen molar-refractivity contribution < 1.29 is 22.3 Å². The highest BCUT2D eigenvalue weighted by atomic mass is 19.3. The molecule has 1 aromatic heterocycles. The van der Waals surface area contributed by atoms with Gasteiger partial charge in [-0.3, -0.25) is 0 Å². The molecule has 104 valence electrons. The van der Waals surface area contributed by atoms with E-state index in [1.807, 2.05) is 0 Å². The van der Waals surface area contributed by atoms with E-state index in [9.17, 15) is 17.6 Å². The second-order valence-corrected chi connectivity index (χ2v) is 3.86. The van der Waals surface area contributed by atoms with Crippen LogP contribution in [0.2, 0.25) is 0 Å². The highest BCUT2D eigenvalue weighted by Gasteiger charge is 2.40. The Morgan fingerprint density at radius 3 is 2.56 bits per heavy atom. The average molecular weight is 269 g/mol. The van der Waals surface area contributed by atoms with E-state index in [-0.39, 0.29) is 6.54 Å². The van der Waals surface area contributed by atoms with Crippen LogP contribution in [0.5, 0.6) is 5.88 Å². The van der Waals surface area contributed by atoms with Gasteiger partial charge in [-0.25, -0.2) is 13.5 Å². The first kappa shape index (κ1) is 14.7. The molecule has 0 radical (unpaired) electrons. The number of aromatic nitrogens is 2. The first-order chi connectivity index (χ1) is 8.29. The van der Waals surface area contributed by atoms with E-state index in [2.05, 4.69) is 10.4 Å². The Bertz CT molecular complexity index is 406. The third-order valence-electron chi connectivity index (χ3n) is 2.46. The molecule has 0 aliphatic carbocycles. The molecule has 0 saturated heterocycles. The van der Waals surface area contributed by atoms with Gasteiger partial charge in [0, 0.05) is 13.6 Å². The Labute approximate surface area is 102 Å². The molecule has 1 rings (SSSR count). The van der Waals surface area contributed by atoms with Crippen LogP contribution in [-0.4, -0.2) is 35.8 Å². The summed E-state index contributed by atoms with van der Waals surface area (Å²) in [6.07, 6.45) is -3.68. The van der Waals surface area contributed by atoms with Crippen molar-refractivity contribution in [1.29, 1.82) is 0 Å². The maximum atomic E-state index is 12.7. The summed E-state index contributed by atoms with van der Waals surface area (Å²) in [5, 5.41) is 6.34. The molecule has 0 spiro atoms.